The van der Waals surface area contributed by atoms with Crippen molar-refractivity contribution < 1.29 is 39.4 Å². The highest BCUT2D eigenvalue weighted by Gasteiger charge is 2.59. The Bertz CT molecular complexity index is 997. The second-order valence-electron chi connectivity index (χ2n) is 13.3. The Morgan fingerprint density at radius 2 is 1.88 bits per heavy atom. The molecule has 42 heavy (non-hydrogen) atoms. The maximum atomic E-state index is 12.9. The summed E-state index contributed by atoms with van der Waals surface area (Å²) in [7, 11) is 1.61. The van der Waals surface area contributed by atoms with Crippen LogP contribution in [0.4, 0.5) is 0 Å². The zero-order valence-corrected chi connectivity index (χ0v) is 24.5. The Hall–Kier alpha value is -1.43. The topological polar surface area (TPSA) is 240 Å². The number of hydrogen-bond donors (Lipinski definition) is 10. The van der Waals surface area contributed by atoms with Gasteiger partial charge in [-0.15, -0.1) is 0 Å². The number of rotatable bonds is 10. The molecule has 1 amide bonds. The summed E-state index contributed by atoms with van der Waals surface area (Å²) in [6.07, 6.45) is 0.669. The average Bonchev–Trinajstić information content (AvgIpc) is 3.54. The van der Waals surface area contributed by atoms with E-state index in [1.165, 1.54) is 0 Å². The van der Waals surface area contributed by atoms with Gasteiger partial charge in [-0.3, -0.25) is 4.79 Å². The van der Waals surface area contributed by atoms with Crippen LogP contribution >= 0.6 is 0 Å². The Morgan fingerprint density at radius 1 is 1.17 bits per heavy atom. The van der Waals surface area contributed by atoms with Crippen LogP contribution in [0.15, 0.2) is 11.8 Å². The quantitative estimate of drug-likeness (QED) is 0.117. The van der Waals surface area contributed by atoms with E-state index >= 15 is 0 Å². The van der Waals surface area contributed by atoms with Gasteiger partial charge in [-0.1, -0.05) is 0 Å². The highest BCUT2D eigenvalue weighted by atomic mass is 16.7. The second-order valence-corrected chi connectivity index (χ2v) is 13.3. The Kier molecular flexibility index (Phi) is 9.53. The monoisotopic (exact) mass is 598 g/mol. The minimum absolute atomic E-state index is 0.128. The molecule has 4 fully saturated rings. The van der Waals surface area contributed by atoms with E-state index in [4.69, 9.17) is 31.4 Å². The van der Waals surface area contributed by atoms with Crippen LogP contribution in [0.5, 0.6) is 0 Å². The summed E-state index contributed by atoms with van der Waals surface area (Å²) in [6.45, 7) is 2.84. The van der Waals surface area contributed by atoms with Gasteiger partial charge in [0, 0.05) is 30.5 Å². The van der Waals surface area contributed by atoms with Gasteiger partial charge in [0.25, 0.3) is 5.91 Å². The summed E-state index contributed by atoms with van der Waals surface area (Å²) in [5, 5.41) is 53.1. The molecule has 0 aromatic heterocycles. The van der Waals surface area contributed by atoms with Gasteiger partial charge in [0.1, 0.15) is 29.7 Å². The maximum Gasteiger partial charge on any atom is 0.253 e. The van der Waals surface area contributed by atoms with Crippen molar-refractivity contribution in [2.45, 2.75) is 118 Å². The molecule has 1 saturated heterocycles. The van der Waals surface area contributed by atoms with E-state index in [9.17, 15) is 25.2 Å². The molecule has 2 heterocycles. The minimum Gasteiger partial charge on any atom is -0.493 e. The van der Waals surface area contributed by atoms with E-state index in [1.807, 2.05) is 6.08 Å². The van der Waals surface area contributed by atoms with Gasteiger partial charge in [0.15, 0.2) is 11.9 Å². The van der Waals surface area contributed by atoms with Gasteiger partial charge in [0.05, 0.1) is 31.3 Å². The molecule has 0 aromatic carbocycles. The maximum absolute atomic E-state index is 12.9. The van der Waals surface area contributed by atoms with Crippen molar-refractivity contribution in [3.05, 3.63) is 11.8 Å². The van der Waals surface area contributed by atoms with Crippen LogP contribution in [-0.2, 0) is 19.0 Å². The van der Waals surface area contributed by atoms with Gasteiger partial charge in [-0.2, -0.15) is 0 Å². The summed E-state index contributed by atoms with van der Waals surface area (Å²) in [6, 6.07) is -2.53. The number of carbonyl (C=O) groups is 1. The molecular weight excluding hydrogens is 548 g/mol. The number of likely N-dealkylation sites (N-methyl/N-ethyl adjacent to an activating group) is 1. The highest BCUT2D eigenvalue weighted by molar-refractivity contribution is 5.89. The predicted octanol–water partition coefficient (Wildman–Crippen LogP) is -3.53. The molecule has 0 radical (unpaired) electrons. The molecule has 3 unspecified atom stereocenters. The Labute approximate surface area is 246 Å². The van der Waals surface area contributed by atoms with Crippen molar-refractivity contribution >= 4 is 5.91 Å². The molecule has 0 aromatic rings. The Morgan fingerprint density at radius 3 is 2.52 bits per heavy atom. The van der Waals surface area contributed by atoms with Crippen molar-refractivity contribution in [2.75, 3.05) is 26.7 Å². The lowest BCUT2D eigenvalue weighted by Gasteiger charge is -2.50. The van der Waals surface area contributed by atoms with Gasteiger partial charge < -0.3 is 67.8 Å². The standard InChI is InChI=1S/C28H50N6O8/c1-27(38)12-40-25(22(36)24(27)32-2)42-23-17(34-26(37)28(39)9-19(28)31)8-16(30)20(21(23)35)18-5-3-4-15(41-18)11-33-10-13-6-14(29)7-13/h4,13-14,16-25,32-33,35-36,38-39H,3,5-12,29-31H2,1-2H3,(H,34,37)/t13?,14?,16-,17+,18-,19?,20?,21-,22+,23-,24+,25+,27-,28?/m0/s1. The van der Waals surface area contributed by atoms with Crippen molar-refractivity contribution in [3.63, 3.8) is 0 Å². The van der Waals surface area contributed by atoms with E-state index in [0.29, 0.717) is 24.9 Å². The van der Waals surface area contributed by atoms with Crippen molar-refractivity contribution in [1.82, 2.24) is 16.0 Å². The predicted molar refractivity (Wildman–Crippen MR) is 151 cm³/mol. The van der Waals surface area contributed by atoms with Crippen molar-refractivity contribution in [1.29, 1.82) is 0 Å². The number of aliphatic hydroxyl groups excluding tert-OH is 2. The van der Waals surface area contributed by atoms with Crippen LogP contribution in [0.25, 0.3) is 0 Å². The summed E-state index contributed by atoms with van der Waals surface area (Å²) in [5.74, 6) is 0.152. The molecule has 0 spiro atoms. The van der Waals surface area contributed by atoms with Gasteiger partial charge in [-0.25, -0.2) is 0 Å². The normalized spacial score (nSPS) is 48.9. The third kappa shape index (κ3) is 6.49. The molecule has 5 aliphatic rings. The zero-order valence-electron chi connectivity index (χ0n) is 24.5. The number of allylic oxidation sites excluding steroid dienone is 1. The molecule has 13 N–H and O–H groups in total. The molecule has 3 aliphatic carbocycles. The smallest absolute Gasteiger partial charge is 0.253 e. The molecule has 12 atom stereocenters. The van der Waals surface area contributed by atoms with E-state index in [-0.39, 0.29) is 19.4 Å². The van der Waals surface area contributed by atoms with E-state index in [0.717, 1.165) is 31.6 Å². The molecule has 240 valence electrons. The first kappa shape index (κ1) is 32.0. The first-order chi connectivity index (χ1) is 19.8. The number of nitrogens with one attached hydrogen (secondary N) is 3. The van der Waals surface area contributed by atoms with Crippen LogP contribution in [0, 0.1) is 11.8 Å². The van der Waals surface area contributed by atoms with E-state index < -0.39 is 77.9 Å². The minimum atomic E-state index is -1.68. The molecule has 0 bridgehead atoms. The van der Waals surface area contributed by atoms with Crippen molar-refractivity contribution in [2.24, 2.45) is 29.0 Å². The van der Waals surface area contributed by atoms with Crippen molar-refractivity contribution in [3.8, 4) is 0 Å². The van der Waals surface area contributed by atoms with E-state index in [1.54, 1.807) is 14.0 Å². The lowest BCUT2D eigenvalue weighted by molar-refractivity contribution is -0.297. The molecule has 14 heteroatoms. The number of aliphatic hydroxyl groups is 4. The summed E-state index contributed by atoms with van der Waals surface area (Å²) < 4.78 is 18.3. The molecule has 14 nitrogen and oxygen atoms in total. The third-order valence-electron chi connectivity index (χ3n) is 9.83. The summed E-state index contributed by atoms with van der Waals surface area (Å²) >= 11 is 0. The number of nitrogens with two attached hydrogens (primary N) is 3. The lowest BCUT2D eigenvalue weighted by atomic mass is 9.73. The summed E-state index contributed by atoms with van der Waals surface area (Å²) in [5.41, 5.74) is 15.3. The van der Waals surface area contributed by atoms with Crippen LogP contribution < -0.4 is 33.2 Å². The average molecular weight is 599 g/mol. The fraction of sp³-hybridized carbons (Fsp3) is 0.893. The molecular formula is C28H50N6O8. The molecule has 3 saturated carbocycles. The zero-order chi connectivity index (χ0) is 30.4. The Balaban J connectivity index is 1.28. The third-order valence-corrected chi connectivity index (χ3v) is 9.83. The van der Waals surface area contributed by atoms with Crippen LogP contribution in [0.2, 0.25) is 0 Å². The molecule has 2 aliphatic heterocycles. The van der Waals surface area contributed by atoms with E-state index in [2.05, 4.69) is 16.0 Å². The number of hydrogen-bond acceptors (Lipinski definition) is 13. The lowest BCUT2D eigenvalue weighted by Crippen LogP contribution is -2.69. The second kappa shape index (κ2) is 12.5. The first-order valence-corrected chi connectivity index (χ1v) is 15.2. The first-order valence-electron chi connectivity index (χ1n) is 15.2. The number of carbonyl (C=O) groups excluding carboxylic acids is 1. The van der Waals surface area contributed by atoms with Crippen LogP contribution in [0.3, 0.4) is 0 Å². The summed E-state index contributed by atoms with van der Waals surface area (Å²) in [4.78, 5) is 12.9. The van der Waals surface area contributed by atoms with Gasteiger partial charge in [-0.05, 0) is 64.6 Å². The largest absolute Gasteiger partial charge is 0.493 e. The highest BCUT2D eigenvalue weighted by Crippen LogP contribution is 2.38. The molecule has 5 rings (SSSR count). The number of ether oxygens (including phenoxy) is 3. The fourth-order valence-electron chi connectivity index (χ4n) is 7.11. The van der Waals surface area contributed by atoms with Crippen LogP contribution in [-0.4, -0.2) is 125 Å². The fourth-order valence-corrected chi connectivity index (χ4v) is 7.11. The van der Waals surface area contributed by atoms with Gasteiger partial charge in [0.2, 0.25) is 0 Å². The van der Waals surface area contributed by atoms with Gasteiger partial charge >= 0.3 is 0 Å². The van der Waals surface area contributed by atoms with Crippen LogP contribution in [0.1, 0.15) is 45.4 Å². The number of amides is 1. The SMILES string of the molecule is CN[C@@H]1[C@@H](O)[C@@H](O[C@H]2[C@H](NC(=O)C3(O)CC3N)C[C@H](N)C([C@@H]3CCC=C(CNCC4CC(N)C4)O3)[C@@H]2O)OC[C@]1(C)O.